The van der Waals surface area contributed by atoms with Gasteiger partial charge in [0.05, 0.1) is 0 Å². The topological polar surface area (TPSA) is 12.0 Å². The summed E-state index contributed by atoms with van der Waals surface area (Å²) in [5.41, 5.74) is 1.34. The highest BCUT2D eigenvalue weighted by molar-refractivity contribution is 7.99. The van der Waals surface area contributed by atoms with Crippen molar-refractivity contribution in [1.29, 1.82) is 0 Å². The van der Waals surface area contributed by atoms with Gasteiger partial charge < -0.3 is 5.32 Å². The SMILES string of the molecule is CNCc1ccccc1Sc1ccc2ccccc2c1. The van der Waals surface area contributed by atoms with E-state index in [1.807, 2.05) is 18.8 Å². The van der Waals surface area contributed by atoms with E-state index in [4.69, 9.17) is 0 Å². The van der Waals surface area contributed by atoms with Crippen LogP contribution < -0.4 is 5.32 Å². The van der Waals surface area contributed by atoms with Gasteiger partial charge in [0.2, 0.25) is 0 Å². The number of fused-ring (bicyclic) bond motifs is 1. The van der Waals surface area contributed by atoms with Crippen molar-refractivity contribution in [1.82, 2.24) is 5.32 Å². The maximum Gasteiger partial charge on any atom is 0.0213 e. The summed E-state index contributed by atoms with van der Waals surface area (Å²) in [6, 6.07) is 23.7. The van der Waals surface area contributed by atoms with Crippen LogP contribution in [0.4, 0.5) is 0 Å². The monoisotopic (exact) mass is 279 g/mol. The van der Waals surface area contributed by atoms with Crippen molar-refractivity contribution in [2.45, 2.75) is 16.3 Å². The predicted molar refractivity (Wildman–Crippen MR) is 87.3 cm³/mol. The van der Waals surface area contributed by atoms with Gasteiger partial charge in [0, 0.05) is 16.3 Å². The zero-order valence-electron chi connectivity index (χ0n) is 11.5. The van der Waals surface area contributed by atoms with Crippen LogP contribution in [0.3, 0.4) is 0 Å². The molecule has 3 aromatic carbocycles. The van der Waals surface area contributed by atoms with Crippen LogP contribution in [0.5, 0.6) is 0 Å². The van der Waals surface area contributed by atoms with E-state index in [-0.39, 0.29) is 0 Å². The Morgan fingerprint density at radius 3 is 2.45 bits per heavy atom. The Labute approximate surface area is 124 Å². The van der Waals surface area contributed by atoms with Crippen LogP contribution in [0.1, 0.15) is 5.56 Å². The normalized spacial score (nSPS) is 10.8. The van der Waals surface area contributed by atoms with Crippen molar-refractivity contribution in [3.8, 4) is 0 Å². The second-order valence-corrected chi connectivity index (χ2v) is 5.86. The maximum atomic E-state index is 3.23. The van der Waals surface area contributed by atoms with Crippen molar-refractivity contribution in [2.75, 3.05) is 7.05 Å². The van der Waals surface area contributed by atoms with Crippen LogP contribution >= 0.6 is 11.8 Å². The molecule has 100 valence electrons. The van der Waals surface area contributed by atoms with E-state index in [1.54, 1.807) is 0 Å². The Balaban J connectivity index is 1.93. The fourth-order valence-electron chi connectivity index (χ4n) is 2.30. The molecule has 3 aromatic rings. The maximum absolute atomic E-state index is 3.23. The van der Waals surface area contributed by atoms with Gasteiger partial charge in [-0.15, -0.1) is 0 Å². The molecule has 1 N–H and O–H groups in total. The molecule has 0 atom stereocenters. The first-order chi connectivity index (χ1) is 9.86. The molecule has 0 bridgehead atoms. The highest BCUT2D eigenvalue weighted by atomic mass is 32.2. The van der Waals surface area contributed by atoms with E-state index in [0.717, 1.165) is 6.54 Å². The molecule has 0 unspecified atom stereocenters. The lowest BCUT2D eigenvalue weighted by molar-refractivity contribution is 0.803. The smallest absolute Gasteiger partial charge is 0.0213 e. The van der Waals surface area contributed by atoms with Crippen LogP contribution in [0.15, 0.2) is 76.5 Å². The van der Waals surface area contributed by atoms with Gasteiger partial charge in [0.1, 0.15) is 0 Å². The van der Waals surface area contributed by atoms with E-state index in [0.29, 0.717) is 0 Å². The lowest BCUT2D eigenvalue weighted by Crippen LogP contribution is -2.05. The lowest BCUT2D eigenvalue weighted by Gasteiger charge is -2.09. The standard InChI is InChI=1S/C18H17NS/c1-19-13-16-8-4-5-9-18(16)20-17-11-10-14-6-2-3-7-15(14)12-17/h2-12,19H,13H2,1H3. The summed E-state index contributed by atoms with van der Waals surface area (Å²) in [6.07, 6.45) is 0. The summed E-state index contributed by atoms with van der Waals surface area (Å²) in [4.78, 5) is 2.60. The van der Waals surface area contributed by atoms with Gasteiger partial charge in [0.15, 0.2) is 0 Å². The van der Waals surface area contributed by atoms with Crippen LogP contribution in [-0.2, 0) is 6.54 Å². The Bertz CT molecular complexity index is 721. The second-order valence-electron chi connectivity index (χ2n) is 4.75. The van der Waals surface area contributed by atoms with E-state index in [1.165, 1.54) is 26.1 Å². The Morgan fingerprint density at radius 1 is 0.850 bits per heavy atom. The summed E-state index contributed by atoms with van der Waals surface area (Å²) in [5, 5.41) is 5.81. The largest absolute Gasteiger partial charge is 0.316 e. The van der Waals surface area contributed by atoms with Gasteiger partial charge in [0.25, 0.3) is 0 Å². The highest BCUT2D eigenvalue weighted by Gasteiger charge is 2.04. The minimum absolute atomic E-state index is 0.900. The Hall–Kier alpha value is -1.77. The summed E-state index contributed by atoms with van der Waals surface area (Å²) in [6.45, 7) is 0.900. The Kier molecular flexibility index (Phi) is 4.05. The molecule has 0 saturated heterocycles. The van der Waals surface area contributed by atoms with Crippen LogP contribution in [-0.4, -0.2) is 7.05 Å². The van der Waals surface area contributed by atoms with Gasteiger partial charge >= 0.3 is 0 Å². The molecular weight excluding hydrogens is 262 g/mol. The van der Waals surface area contributed by atoms with E-state index < -0.39 is 0 Å². The molecule has 0 radical (unpaired) electrons. The molecule has 20 heavy (non-hydrogen) atoms. The van der Waals surface area contributed by atoms with Crippen molar-refractivity contribution in [3.05, 3.63) is 72.3 Å². The molecule has 0 aliphatic rings. The third-order valence-corrected chi connectivity index (χ3v) is 4.40. The minimum Gasteiger partial charge on any atom is -0.316 e. The quantitative estimate of drug-likeness (QED) is 0.742. The first-order valence-electron chi connectivity index (χ1n) is 6.76. The van der Waals surface area contributed by atoms with Crippen LogP contribution in [0.2, 0.25) is 0 Å². The van der Waals surface area contributed by atoms with Gasteiger partial charge in [-0.05, 0) is 41.6 Å². The summed E-state index contributed by atoms with van der Waals surface area (Å²) >= 11 is 1.83. The van der Waals surface area contributed by atoms with E-state index in [9.17, 15) is 0 Å². The van der Waals surface area contributed by atoms with Crippen molar-refractivity contribution in [2.24, 2.45) is 0 Å². The van der Waals surface area contributed by atoms with Crippen molar-refractivity contribution in [3.63, 3.8) is 0 Å². The number of rotatable bonds is 4. The summed E-state index contributed by atoms with van der Waals surface area (Å²) < 4.78 is 0. The van der Waals surface area contributed by atoms with Crippen molar-refractivity contribution >= 4 is 22.5 Å². The molecule has 0 fully saturated rings. The number of hydrogen-bond acceptors (Lipinski definition) is 2. The molecule has 0 saturated carbocycles. The predicted octanol–water partition coefficient (Wildman–Crippen LogP) is 4.71. The first-order valence-corrected chi connectivity index (χ1v) is 7.57. The van der Waals surface area contributed by atoms with Crippen LogP contribution in [0.25, 0.3) is 10.8 Å². The minimum atomic E-state index is 0.900. The molecule has 2 heteroatoms. The average Bonchev–Trinajstić information content (AvgIpc) is 2.49. The van der Waals surface area contributed by atoms with Gasteiger partial charge in [-0.3, -0.25) is 0 Å². The molecule has 0 aliphatic heterocycles. The van der Waals surface area contributed by atoms with Crippen molar-refractivity contribution < 1.29 is 0 Å². The zero-order chi connectivity index (χ0) is 13.8. The summed E-state index contributed by atoms with van der Waals surface area (Å²) in [7, 11) is 1.98. The number of hydrogen-bond donors (Lipinski definition) is 1. The summed E-state index contributed by atoms with van der Waals surface area (Å²) in [5.74, 6) is 0. The number of benzene rings is 3. The van der Waals surface area contributed by atoms with Crippen LogP contribution in [0, 0.1) is 0 Å². The lowest BCUT2D eigenvalue weighted by atomic mass is 10.1. The highest BCUT2D eigenvalue weighted by Crippen LogP contribution is 2.32. The molecule has 1 nitrogen and oxygen atoms in total. The Morgan fingerprint density at radius 2 is 1.60 bits per heavy atom. The van der Waals surface area contributed by atoms with Gasteiger partial charge in [-0.25, -0.2) is 0 Å². The molecule has 0 amide bonds. The average molecular weight is 279 g/mol. The third-order valence-electron chi connectivity index (χ3n) is 3.29. The van der Waals surface area contributed by atoms with Gasteiger partial charge in [-0.1, -0.05) is 60.3 Å². The molecule has 0 aromatic heterocycles. The zero-order valence-corrected chi connectivity index (χ0v) is 12.3. The van der Waals surface area contributed by atoms with E-state index in [2.05, 4.69) is 72.0 Å². The molecule has 0 aliphatic carbocycles. The molecule has 0 spiro atoms. The fourth-order valence-corrected chi connectivity index (χ4v) is 3.29. The molecular formula is C18H17NS. The first kappa shape index (κ1) is 13.2. The number of nitrogens with one attached hydrogen (secondary N) is 1. The molecule has 3 rings (SSSR count). The van der Waals surface area contributed by atoms with Gasteiger partial charge in [-0.2, -0.15) is 0 Å². The van der Waals surface area contributed by atoms with E-state index >= 15 is 0 Å². The molecule has 0 heterocycles. The fraction of sp³-hybridized carbons (Fsp3) is 0.111. The third kappa shape index (κ3) is 2.87. The second kappa shape index (κ2) is 6.12.